The molecule has 0 aliphatic carbocycles. The minimum absolute atomic E-state index is 0.115. The number of rotatable bonds is 8. The number of carbonyl (C=O) groups is 1. The van der Waals surface area contributed by atoms with Crippen LogP contribution in [-0.2, 0) is 11.8 Å². The molecular formula is C21H24N2O4. The van der Waals surface area contributed by atoms with Crippen molar-refractivity contribution in [2.24, 2.45) is 7.05 Å². The Morgan fingerprint density at radius 3 is 2.48 bits per heavy atom. The molecule has 0 aliphatic rings. The van der Waals surface area contributed by atoms with Gasteiger partial charge in [0, 0.05) is 36.3 Å². The van der Waals surface area contributed by atoms with Crippen molar-refractivity contribution in [2.45, 2.75) is 13.0 Å². The van der Waals surface area contributed by atoms with Gasteiger partial charge in [0.15, 0.2) is 6.61 Å². The zero-order chi connectivity index (χ0) is 19.2. The Labute approximate surface area is 158 Å². The number of fused-ring (bicyclic) bond motifs is 1. The van der Waals surface area contributed by atoms with Crippen molar-refractivity contribution in [1.82, 2.24) is 9.88 Å². The van der Waals surface area contributed by atoms with E-state index in [-0.39, 0.29) is 19.1 Å². The van der Waals surface area contributed by atoms with E-state index < -0.39 is 6.10 Å². The summed E-state index contributed by atoms with van der Waals surface area (Å²) in [5, 5.41) is 14.2. The first-order chi connectivity index (χ1) is 13.1. The molecule has 0 saturated carbocycles. The summed E-state index contributed by atoms with van der Waals surface area (Å²) in [6, 6.07) is 14.9. The number of benzene rings is 2. The van der Waals surface area contributed by atoms with E-state index in [0.717, 1.165) is 22.2 Å². The Kier molecular flexibility index (Phi) is 5.98. The molecule has 3 rings (SSSR count). The summed E-state index contributed by atoms with van der Waals surface area (Å²) >= 11 is 0. The van der Waals surface area contributed by atoms with Gasteiger partial charge < -0.3 is 24.5 Å². The first-order valence-electron chi connectivity index (χ1n) is 8.93. The molecule has 1 atom stereocenters. The summed E-state index contributed by atoms with van der Waals surface area (Å²) in [6.07, 6.45) is 1.10. The van der Waals surface area contributed by atoms with Crippen LogP contribution in [0.25, 0.3) is 10.9 Å². The number of nitrogens with one attached hydrogen (secondary N) is 1. The third kappa shape index (κ3) is 4.60. The number of aryl methyl sites for hydroxylation is 1. The van der Waals surface area contributed by atoms with Crippen LogP contribution in [0.15, 0.2) is 54.7 Å². The highest BCUT2D eigenvalue weighted by atomic mass is 16.5. The third-order valence-corrected chi connectivity index (χ3v) is 4.28. The fourth-order valence-corrected chi connectivity index (χ4v) is 2.96. The Balaban J connectivity index is 1.51. The summed E-state index contributed by atoms with van der Waals surface area (Å²) in [6.45, 7) is 2.53. The highest BCUT2D eigenvalue weighted by Crippen LogP contribution is 2.25. The molecule has 6 heteroatoms. The molecular weight excluding hydrogens is 344 g/mol. The Bertz CT molecular complexity index is 902. The van der Waals surface area contributed by atoms with E-state index in [9.17, 15) is 9.90 Å². The molecule has 0 bridgehead atoms. The molecule has 2 aromatic carbocycles. The molecule has 142 valence electrons. The highest BCUT2D eigenvalue weighted by Gasteiger charge is 2.15. The molecule has 0 radical (unpaired) electrons. The van der Waals surface area contributed by atoms with Crippen LogP contribution in [0.3, 0.4) is 0 Å². The topological polar surface area (TPSA) is 72.7 Å². The fourth-order valence-electron chi connectivity index (χ4n) is 2.96. The van der Waals surface area contributed by atoms with E-state index >= 15 is 0 Å². The summed E-state index contributed by atoms with van der Waals surface area (Å²) < 4.78 is 12.8. The van der Waals surface area contributed by atoms with E-state index in [4.69, 9.17) is 9.47 Å². The van der Waals surface area contributed by atoms with E-state index in [1.54, 1.807) is 24.3 Å². The van der Waals surface area contributed by atoms with Crippen LogP contribution >= 0.6 is 0 Å². The number of hydrogen-bond donors (Lipinski definition) is 2. The van der Waals surface area contributed by atoms with Gasteiger partial charge in [-0.3, -0.25) is 4.79 Å². The van der Waals surface area contributed by atoms with Crippen LogP contribution in [0.4, 0.5) is 0 Å². The SMILES string of the molecule is CCOc1ccc(OCC(=O)NCC(O)c2cn(C)c3ccccc23)cc1. The number of amides is 1. The number of aromatic nitrogens is 1. The zero-order valence-corrected chi connectivity index (χ0v) is 15.5. The van der Waals surface area contributed by atoms with Gasteiger partial charge in [0.2, 0.25) is 0 Å². The van der Waals surface area contributed by atoms with Gasteiger partial charge >= 0.3 is 0 Å². The second kappa shape index (κ2) is 8.60. The summed E-state index contributed by atoms with van der Waals surface area (Å²) in [5.74, 6) is 1.05. The number of para-hydroxylation sites is 1. The van der Waals surface area contributed by atoms with Crippen molar-refractivity contribution in [3.05, 3.63) is 60.3 Å². The average Bonchev–Trinajstić information content (AvgIpc) is 3.03. The second-order valence-corrected chi connectivity index (χ2v) is 6.23. The number of ether oxygens (including phenoxy) is 2. The maximum atomic E-state index is 12.0. The minimum atomic E-state index is -0.787. The van der Waals surface area contributed by atoms with E-state index in [0.29, 0.717) is 12.4 Å². The smallest absolute Gasteiger partial charge is 0.258 e. The molecule has 1 aromatic heterocycles. The second-order valence-electron chi connectivity index (χ2n) is 6.23. The number of nitrogens with zero attached hydrogens (tertiary/aromatic N) is 1. The number of hydrogen-bond acceptors (Lipinski definition) is 4. The molecule has 0 saturated heterocycles. The van der Waals surface area contributed by atoms with Crippen molar-refractivity contribution in [1.29, 1.82) is 0 Å². The molecule has 2 N–H and O–H groups in total. The van der Waals surface area contributed by atoms with Crippen molar-refractivity contribution >= 4 is 16.8 Å². The summed E-state index contributed by atoms with van der Waals surface area (Å²) in [7, 11) is 1.93. The molecule has 0 fully saturated rings. The predicted octanol–water partition coefficient (Wildman–Crippen LogP) is 2.81. The Hall–Kier alpha value is -2.99. The highest BCUT2D eigenvalue weighted by molar-refractivity contribution is 5.84. The van der Waals surface area contributed by atoms with Gasteiger partial charge in [0.25, 0.3) is 5.91 Å². The molecule has 3 aromatic rings. The average molecular weight is 368 g/mol. The predicted molar refractivity (Wildman–Crippen MR) is 104 cm³/mol. The molecule has 27 heavy (non-hydrogen) atoms. The van der Waals surface area contributed by atoms with Gasteiger partial charge in [0.05, 0.1) is 12.7 Å². The summed E-state index contributed by atoms with van der Waals surface area (Å²) in [5.41, 5.74) is 1.83. The quantitative estimate of drug-likeness (QED) is 0.641. The zero-order valence-electron chi connectivity index (χ0n) is 15.5. The lowest BCUT2D eigenvalue weighted by Crippen LogP contribution is -2.32. The maximum absolute atomic E-state index is 12.0. The minimum Gasteiger partial charge on any atom is -0.494 e. The van der Waals surface area contributed by atoms with Crippen LogP contribution in [0.2, 0.25) is 0 Å². The van der Waals surface area contributed by atoms with Crippen LogP contribution in [0.5, 0.6) is 11.5 Å². The molecule has 1 heterocycles. The van der Waals surface area contributed by atoms with Gasteiger partial charge in [-0.25, -0.2) is 0 Å². The van der Waals surface area contributed by atoms with Gasteiger partial charge in [-0.05, 0) is 37.3 Å². The van der Waals surface area contributed by atoms with E-state index in [1.165, 1.54) is 0 Å². The van der Waals surface area contributed by atoms with Gasteiger partial charge in [-0.2, -0.15) is 0 Å². The van der Waals surface area contributed by atoms with Crippen LogP contribution in [0.1, 0.15) is 18.6 Å². The van der Waals surface area contributed by atoms with Gasteiger partial charge in [-0.15, -0.1) is 0 Å². The van der Waals surface area contributed by atoms with Crippen LogP contribution in [0, 0.1) is 0 Å². The van der Waals surface area contributed by atoms with Gasteiger partial charge in [-0.1, -0.05) is 18.2 Å². The molecule has 6 nitrogen and oxygen atoms in total. The van der Waals surface area contributed by atoms with E-state index in [1.807, 2.05) is 49.0 Å². The van der Waals surface area contributed by atoms with Crippen molar-refractivity contribution in [3.8, 4) is 11.5 Å². The lowest BCUT2D eigenvalue weighted by atomic mass is 10.1. The molecule has 0 aliphatic heterocycles. The first kappa shape index (κ1) is 18.8. The lowest BCUT2D eigenvalue weighted by molar-refractivity contribution is -0.123. The normalized spacial score (nSPS) is 12.0. The van der Waals surface area contributed by atoms with Crippen LogP contribution in [-0.4, -0.2) is 35.3 Å². The lowest BCUT2D eigenvalue weighted by Gasteiger charge is -2.12. The standard InChI is InChI=1S/C21H24N2O4/c1-3-26-15-8-10-16(11-9-15)27-14-21(25)22-12-20(24)18-13-23(2)19-7-5-4-6-17(18)19/h4-11,13,20,24H,3,12,14H2,1-2H3,(H,22,25). The maximum Gasteiger partial charge on any atom is 0.258 e. The molecule has 0 spiro atoms. The van der Waals surface area contributed by atoms with Crippen LogP contribution < -0.4 is 14.8 Å². The number of carbonyl (C=O) groups excluding carboxylic acids is 1. The van der Waals surface area contributed by atoms with Crippen molar-refractivity contribution < 1.29 is 19.4 Å². The molecule has 1 unspecified atom stereocenters. The molecule has 1 amide bonds. The number of aliphatic hydroxyl groups excluding tert-OH is 1. The monoisotopic (exact) mass is 368 g/mol. The van der Waals surface area contributed by atoms with Crippen molar-refractivity contribution in [3.63, 3.8) is 0 Å². The third-order valence-electron chi connectivity index (χ3n) is 4.28. The van der Waals surface area contributed by atoms with Crippen molar-refractivity contribution in [2.75, 3.05) is 19.8 Å². The first-order valence-corrected chi connectivity index (χ1v) is 8.93. The fraction of sp³-hybridized carbons (Fsp3) is 0.286. The largest absolute Gasteiger partial charge is 0.494 e. The Morgan fingerprint density at radius 1 is 1.11 bits per heavy atom. The number of aliphatic hydroxyl groups is 1. The Morgan fingerprint density at radius 2 is 1.78 bits per heavy atom. The van der Waals surface area contributed by atoms with Gasteiger partial charge in [0.1, 0.15) is 11.5 Å². The summed E-state index contributed by atoms with van der Waals surface area (Å²) in [4.78, 5) is 12.0. The van der Waals surface area contributed by atoms with E-state index in [2.05, 4.69) is 5.32 Å².